The van der Waals surface area contributed by atoms with E-state index in [0.717, 1.165) is 5.56 Å². The Bertz CT molecular complexity index is 1230. The molecule has 0 amide bonds. The maximum absolute atomic E-state index is 13.4. The lowest BCUT2D eigenvalue weighted by Crippen LogP contribution is -2.13. The van der Waals surface area contributed by atoms with Gasteiger partial charge < -0.3 is 14.6 Å². The number of nitrogens with one attached hydrogen (secondary N) is 1. The third kappa shape index (κ3) is 4.49. The molecule has 7 nitrogen and oxygen atoms in total. The zero-order valence-corrected chi connectivity index (χ0v) is 17.3. The third-order valence-electron chi connectivity index (χ3n) is 4.56. The topological polar surface area (TPSA) is 90.1 Å². The fourth-order valence-corrected chi connectivity index (χ4v) is 3.32. The lowest BCUT2D eigenvalue weighted by molar-refractivity contribution is 0.0512. The van der Waals surface area contributed by atoms with Crippen molar-refractivity contribution in [3.8, 4) is 11.3 Å². The average Bonchev–Trinajstić information content (AvgIpc) is 3.20. The van der Waals surface area contributed by atoms with Crippen molar-refractivity contribution >= 4 is 34.5 Å². The summed E-state index contributed by atoms with van der Waals surface area (Å²) in [5, 5.41) is 8.44. The molecule has 0 aliphatic rings. The maximum atomic E-state index is 13.4. The van der Waals surface area contributed by atoms with Gasteiger partial charge in [0.05, 0.1) is 6.61 Å². The van der Waals surface area contributed by atoms with E-state index < -0.39 is 5.97 Å². The molecular weight excluding hydrogens is 423 g/mol. The van der Waals surface area contributed by atoms with Crippen LogP contribution in [0.4, 0.5) is 10.2 Å². The SMILES string of the molecule is CCOC(=O)c1nc(NCCc2ccccc2Cl)c2c(-c3ccc(F)cc3)noc2n1. The standard InChI is InChI=1S/C22H18ClFN4O3/c1-2-30-22(29)20-26-19(25-12-11-13-5-3-4-6-16(13)23)17-18(28-31-21(17)27-20)14-7-9-15(24)10-8-14/h3-10H,2,11-12H2,1H3,(H,25,26,27). The summed E-state index contributed by atoms with van der Waals surface area (Å²) in [7, 11) is 0. The molecule has 0 atom stereocenters. The van der Waals surface area contributed by atoms with Crippen molar-refractivity contribution in [2.75, 3.05) is 18.5 Å². The molecule has 2 aromatic carbocycles. The summed E-state index contributed by atoms with van der Waals surface area (Å²) in [6.45, 7) is 2.36. The van der Waals surface area contributed by atoms with Crippen LogP contribution in [0, 0.1) is 5.82 Å². The normalized spacial score (nSPS) is 10.9. The van der Waals surface area contributed by atoms with E-state index in [2.05, 4.69) is 20.4 Å². The molecule has 0 radical (unpaired) electrons. The Morgan fingerprint density at radius 2 is 1.94 bits per heavy atom. The van der Waals surface area contributed by atoms with E-state index >= 15 is 0 Å². The van der Waals surface area contributed by atoms with Crippen LogP contribution in [0.15, 0.2) is 53.1 Å². The van der Waals surface area contributed by atoms with Gasteiger partial charge in [0.1, 0.15) is 22.7 Å². The van der Waals surface area contributed by atoms with Gasteiger partial charge in [-0.15, -0.1) is 0 Å². The first kappa shape index (κ1) is 20.7. The molecule has 0 spiro atoms. The highest BCUT2D eigenvalue weighted by molar-refractivity contribution is 6.31. The number of halogens is 2. The van der Waals surface area contributed by atoms with E-state index in [1.165, 1.54) is 12.1 Å². The first-order valence-electron chi connectivity index (χ1n) is 9.64. The van der Waals surface area contributed by atoms with Gasteiger partial charge in [-0.1, -0.05) is 35.0 Å². The molecular formula is C22H18ClFN4O3. The molecule has 0 bridgehead atoms. The Balaban J connectivity index is 1.72. The number of carbonyl (C=O) groups excluding carboxylic acids is 1. The van der Waals surface area contributed by atoms with Crippen LogP contribution in [0.3, 0.4) is 0 Å². The number of ether oxygens (including phenoxy) is 1. The van der Waals surface area contributed by atoms with Gasteiger partial charge in [0.15, 0.2) is 0 Å². The summed E-state index contributed by atoms with van der Waals surface area (Å²) >= 11 is 6.23. The number of aromatic nitrogens is 3. The van der Waals surface area contributed by atoms with Gasteiger partial charge in [-0.2, -0.15) is 4.98 Å². The van der Waals surface area contributed by atoms with Crippen LogP contribution in [0.5, 0.6) is 0 Å². The monoisotopic (exact) mass is 440 g/mol. The predicted molar refractivity (Wildman–Crippen MR) is 115 cm³/mol. The summed E-state index contributed by atoms with van der Waals surface area (Å²) in [5.74, 6) is -0.814. The number of benzene rings is 2. The van der Waals surface area contributed by atoms with Crippen molar-refractivity contribution in [3.63, 3.8) is 0 Å². The number of hydrogen-bond acceptors (Lipinski definition) is 7. The highest BCUT2D eigenvalue weighted by atomic mass is 35.5. The van der Waals surface area contributed by atoms with Crippen LogP contribution < -0.4 is 5.32 Å². The summed E-state index contributed by atoms with van der Waals surface area (Å²) in [4.78, 5) is 20.7. The van der Waals surface area contributed by atoms with Gasteiger partial charge in [0.2, 0.25) is 5.82 Å². The van der Waals surface area contributed by atoms with Crippen molar-refractivity contribution in [2.45, 2.75) is 13.3 Å². The van der Waals surface area contributed by atoms with Crippen LogP contribution in [0.1, 0.15) is 23.1 Å². The van der Waals surface area contributed by atoms with Gasteiger partial charge >= 0.3 is 5.97 Å². The minimum absolute atomic E-state index is 0.123. The van der Waals surface area contributed by atoms with E-state index in [0.29, 0.717) is 40.4 Å². The summed E-state index contributed by atoms with van der Waals surface area (Å²) in [6.07, 6.45) is 0.622. The van der Waals surface area contributed by atoms with Crippen LogP contribution in [-0.2, 0) is 11.2 Å². The molecule has 9 heteroatoms. The second kappa shape index (κ2) is 9.09. The lowest BCUT2D eigenvalue weighted by atomic mass is 10.1. The van der Waals surface area contributed by atoms with Crippen molar-refractivity contribution in [1.82, 2.24) is 15.1 Å². The zero-order chi connectivity index (χ0) is 21.8. The Morgan fingerprint density at radius 1 is 1.16 bits per heavy atom. The molecule has 2 aromatic heterocycles. The van der Waals surface area contributed by atoms with Gasteiger partial charge in [0, 0.05) is 17.1 Å². The van der Waals surface area contributed by atoms with Crippen LogP contribution in [0.25, 0.3) is 22.4 Å². The molecule has 0 saturated carbocycles. The number of nitrogens with zero attached hydrogens (tertiary/aromatic N) is 3. The molecule has 0 unspecified atom stereocenters. The molecule has 0 aliphatic heterocycles. The molecule has 2 heterocycles. The Labute approximate surface area is 182 Å². The van der Waals surface area contributed by atoms with Gasteiger partial charge in [-0.3, -0.25) is 0 Å². The lowest BCUT2D eigenvalue weighted by Gasteiger charge is -2.10. The number of anilines is 1. The first-order chi connectivity index (χ1) is 15.1. The van der Waals surface area contributed by atoms with E-state index in [1.54, 1.807) is 19.1 Å². The van der Waals surface area contributed by atoms with Crippen LogP contribution >= 0.6 is 11.6 Å². The van der Waals surface area contributed by atoms with E-state index in [9.17, 15) is 9.18 Å². The number of esters is 1. The minimum Gasteiger partial charge on any atom is -0.460 e. The molecule has 4 aromatic rings. The van der Waals surface area contributed by atoms with Crippen molar-refractivity contribution in [1.29, 1.82) is 0 Å². The van der Waals surface area contributed by atoms with E-state index in [1.807, 2.05) is 24.3 Å². The minimum atomic E-state index is -0.668. The van der Waals surface area contributed by atoms with Gasteiger partial charge in [0.25, 0.3) is 5.71 Å². The molecule has 1 N–H and O–H groups in total. The summed E-state index contributed by atoms with van der Waals surface area (Å²) in [6, 6.07) is 13.4. The van der Waals surface area contributed by atoms with Crippen molar-refractivity contribution in [2.24, 2.45) is 0 Å². The molecule has 31 heavy (non-hydrogen) atoms. The fraction of sp³-hybridized carbons (Fsp3) is 0.182. The Kier molecular flexibility index (Phi) is 6.08. The number of carbonyl (C=O) groups is 1. The Hall–Kier alpha value is -3.52. The maximum Gasteiger partial charge on any atom is 0.376 e. The van der Waals surface area contributed by atoms with Crippen molar-refractivity contribution in [3.05, 3.63) is 70.8 Å². The molecule has 4 rings (SSSR count). The van der Waals surface area contributed by atoms with Gasteiger partial charge in [-0.25, -0.2) is 14.2 Å². The number of hydrogen-bond donors (Lipinski definition) is 1. The predicted octanol–water partition coefficient (Wildman–Crippen LogP) is 4.91. The molecule has 0 fully saturated rings. The van der Waals surface area contributed by atoms with E-state index in [4.69, 9.17) is 20.9 Å². The van der Waals surface area contributed by atoms with Crippen molar-refractivity contribution < 1.29 is 18.4 Å². The summed E-state index contributed by atoms with van der Waals surface area (Å²) in [5.41, 5.74) is 2.15. The second-order valence-electron chi connectivity index (χ2n) is 6.60. The average molecular weight is 441 g/mol. The largest absolute Gasteiger partial charge is 0.460 e. The Morgan fingerprint density at radius 3 is 2.68 bits per heavy atom. The number of rotatable bonds is 7. The highest BCUT2D eigenvalue weighted by Gasteiger charge is 2.22. The second-order valence-corrected chi connectivity index (χ2v) is 7.01. The smallest absolute Gasteiger partial charge is 0.376 e. The molecule has 158 valence electrons. The third-order valence-corrected chi connectivity index (χ3v) is 4.93. The fourth-order valence-electron chi connectivity index (χ4n) is 3.09. The molecule has 0 saturated heterocycles. The summed E-state index contributed by atoms with van der Waals surface area (Å²) < 4.78 is 23.7. The highest BCUT2D eigenvalue weighted by Crippen LogP contribution is 2.32. The molecule has 0 aliphatic carbocycles. The van der Waals surface area contributed by atoms with Crippen LogP contribution in [0.2, 0.25) is 5.02 Å². The number of fused-ring (bicyclic) bond motifs is 1. The van der Waals surface area contributed by atoms with E-state index in [-0.39, 0.29) is 24.0 Å². The van der Waals surface area contributed by atoms with Crippen LogP contribution in [-0.4, -0.2) is 34.2 Å². The first-order valence-corrected chi connectivity index (χ1v) is 10.0. The zero-order valence-electron chi connectivity index (χ0n) is 16.6. The van der Waals surface area contributed by atoms with Gasteiger partial charge in [-0.05, 0) is 49.2 Å². The quantitative estimate of drug-likeness (QED) is 0.408.